The van der Waals surface area contributed by atoms with E-state index in [1.54, 1.807) is 11.1 Å². The molecule has 0 bridgehead atoms. The van der Waals surface area contributed by atoms with Gasteiger partial charge in [0, 0.05) is 38.4 Å². The minimum absolute atomic E-state index is 0.0411. The summed E-state index contributed by atoms with van der Waals surface area (Å²) in [4.78, 5) is 18.3. The maximum Gasteiger partial charge on any atom is 0.266 e. The maximum absolute atomic E-state index is 12.9. The predicted molar refractivity (Wildman–Crippen MR) is 103 cm³/mol. The molecule has 2 heterocycles. The van der Waals surface area contributed by atoms with Gasteiger partial charge in [0.1, 0.15) is 11.6 Å². The van der Waals surface area contributed by atoms with Crippen LogP contribution < -0.4 is 0 Å². The van der Waals surface area contributed by atoms with Crippen molar-refractivity contribution in [2.75, 3.05) is 51.8 Å². The second-order valence-corrected chi connectivity index (χ2v) is 9.95. The zero-order chi connectivity index (χ0) is 20.2. The monoisotopic (exact) mass is 398 g/mol. The molecule has 9 heteroatoms. The van der Waals surface area contributed by atoms with Gasteiger partial charge in [-0.25, -0.2) is 8.42 Å². The van der Waals surface area contributed by atoms with E-state index in [9.17, 15) is 18.5 Å². The minimum Gasteiger partial charge on any atom is -0.372 e. The third-order valence-corrected chi connectivity index (χ3v) is 6.59. The van der Waals surface area contributed by atoms with Gasteiger partial charge < -0.3 is 19.4 Å². The van der Waals surface area contributed by atoms with Crippen molar-refractivity contribution in [3.8, 4) is 6.07 Å². The molecule has 3 atom stereocenters. The molecule has 0 aliphatic carbocycles. The molecule has 152 valence electrons. The molecule has 0 radical (unpaired) electrons. The second-order valence-electron chi connectivity index (χ2n) is 7.72. The molecule has 0 saturated carbocycles. The van der Waals surface area contributed by atoms with Crippen molar-refractivity contribution < 1.29 is 17.9 Å². The molecular formula is C18H30N4O4S. The highest BCUT2D eigenvalue weighted by Gasteiger charge is 2.33. The first-order chi connectivity index (χ1) is 12.6. The highest BCUT2D eigenvalue weighted by molar-refractivity contribution is 7.91. The lowest BCUT2D eigenvalue weighted by molar-refractivity contribution is -0.138. The van der Waals surface area contributed by atoms with Crippen LogP contribution in [0.5, 0.6) is 0 Å². The fourth-order valence-electron chi connectivity index (χ4n) is 3.52. The van der Waals surface area contributed by atoms with E-state index in [4.69, 9.17) is 4.74 Å². The van der Waals surface area contributed by atoms with Crippen molar-refractivity contribution >= 4 is 15.7 Å². The van der Waals surface area contributed by atoms with Crippen LogP contribution in [0.3, 0.4) is 0 Å². The first kappa shape index (κ1) is 21.7. The van der Waals surface area contributed by atoms with E-state index in [-0.39, 0.29) is 41.2 Å². The summed E-state index contributed by atoms with van der Waals surface area (Å²) in [5.41, 5.74) is 0.0411. The predicted octanol–water partition coefficient (Wildman–Crippen LogP) is 0.0804. The highest BCUT2D eigenvalue weighted by Crippen LogP contribution is 2.20. The Labute approximate surface area is 162 Å². The Hall–Kier alpha value is -1.63. The Bertz CT molecular complexity index is 703. The largest absolute Gasteiger partial charge is 0.372 e. The zero-order valence-corrected chi connectivity index (χ0v) is 17.4. The summed E-state index contributed by atoms with van der Waals surface area (Å²) >= 11 is 0. The fraction of sp³-hybridized carbons (Fsp3) is 0.778. The topological polar surface area (TPSA) is 94.0 Å². The summed E-state index contributed by atoms with van der Waals surface area (Å²) in [7, 11) is 0.805. The van der Waals surface area contributed by atoms with Crippen LogP contribution in [0.15, 0.2) is 11.8 Å². The molecule has 0 aromatic carbocycles. The van der Waals surface area contributed by atoms with E-state index in [0.717, 1.165) is 0 Å². The van der Waals surface area contributed by atoms with Crippen molar-refractivity contribution in [1.82, 2.24) is 14.7 Å². The van der Waals surface area contributed by atoms with Crippen LogP contribution in [0, 0.1) is 11.3 Å². The van der Waals surface area contributed by atoms with Gasteiger partial charge in [0.05, 0.1) is 23.7 Å². The Morgan fingerprint density at radius 3 is 2.37 bits per heavy atom. The number of carbonyl (C=O) groups excluding carboxylic acids is 1. The van der Waals surface area contributed by atoms with Gasteiger partial charge in [-0.1, -0.05) is 0 Å². The van der Waals surface area contributed by atoms with E-state index >= 15 is 0 Å². The molecule has 8 nitrogen and oxygen atoms in total. The lowest BCUT2D eigenvalue weighted by atomic mass is 10.1. The molecule has 1 amide bonds. The van der Waals surface area contributed by atoms with Gasteiger partial charge in [-0.15, -0.1) is 0 Å². The van der Waals surface area contributed by atoms with E-state index < -0.39 is 9.84 Å². The quantitative estimate of drug-likeness (QED) is 0.462. The lowest BCUT2D eigenvalue weighted by Gasteiger charge is -2.35. The summed E-state index contributed by atoms with van der Waals surface area (Å²) in [6.07, 6.45) is 1.91. The van der Waals surface area contributed by atoms with E-state index in [0.29, 0.717) is 32.6 Å². The number of likely N-dealkylation sites (N-methyl/N-ethyl adjacent to an activating group) is 1. The zero-order valence-electron chi connectivity index (χ0n) is 16.6. The van der Waals surface area contributed by atoms with Crippen molar-refractivity contribution in [1.29, 1.82) is 5.26 Å². The van der Waals surface area contributed by atoms with E-state index in [1.165, 1.54) is 0 Å². The normalized spacial score (nSPS) is 28.2. The molecule has 2 saturated heterocycles. The van der Waals surface area contributed by atoms with Crippen molar-refractivity contribution in [3.05, 3.63) is 11.8 Å². The van der Waals surface area contributed by atoms with Gasteiger partial charge in [0.15, 0.2) is 9.84 Å². The summed E-state index contributed by atoms with van der Waals surface area (Å²) in [6.45, 7) is 5.94. The average Bonchev–Trinajstić information content (AvgIpc) is 2.93. The molecular weight excluding hydrogens is 368 g/mol. The average molecular weight is 399 g/mol. The molecule has 2 fully saturated rings. The molecule has 27 heavy (non-hydrogen) atoms. The number of ether oxygens (including phenoxy) is 1. The third-order valence-electron chi connectivity index (χ3n) is 4.84. The van der Waals surface area contributed by atoms with Gasteiger partial charge in [0.25, 0.3) is 5.91 Å². The number of amides is 1. The number of hydrogen-bond donors (Lipinski definition) is 0. The SMILES string of the molecule is CC1CN(C(=O)/C(C#N)=C\N(CCN(C)C)C2CCS(=O)(=O)C2)CC(C)O1. The van der Waals surface area contributed by atoms with Gasteiger partial charge in [-0.3, -0.25) is 4.79 Å². The number of rotatable bonds is 6. The van der Waals surface area contributed by atoms with Crippen LogP contribution in [0.4, 0.5) is 0 Å². The summed E-state index contributed by atoms with van der Waals surface area (Å²) < 4.78 is 29.4. The number of sulfone groups is 1. The Morgan fingerprint density at radius 1 is 1.26 bits per heavy atom. The first-order valence-electron chi connectivity index (χ1n) is 9.29. The highest BCUT2D eigenvalue weighted by atomic mass is 32.2. The van der Waals surface area contributed by atoms with Gasteiger partial charge in [-0.05, 0) is 34.4 Å². The Morgan fingerprint density at radius 2 is 1.89 bits per heavy atom. The molecule has 0 aromatic rings. The molecule has 0 aromatic heterocycles. The number of hydrogen-bond acceptors (Lipinski definition) is 7. The third kappa shape index (κ3) is 6.19. The number of nitrogens with zero attached hydrogens (tertiary/aromatic N) is 4. The summed E-state index contributed by atoms with van der Waals surface area (Å²) in [6, 6.07) is 1.82. The lowest BCUT2D eigenvalue weighted by Crippen LogP contribution is -2.48. The van der Waals surface area contributed by atoms with Crippen LogP contribution in [-0.4, -0.2) is 99.1 Å². The Balaban J connectivity index is 2.20. The summed E-state index contributed by atoms with van der Waals surface area (Å²) in [5.74, 6) is -0.108. The smallest absolute Gasteiger partial charge is 0.266 e. The maximum atomic E-state index is 12.9. The Kier molecular flexibility index (Phi) is 7.25. The van der Waals surface area contributed by atoms with Crippen LogP contribution in [0.25, 0.3) is 0 Å². The van der Waals surface area contributed by atoms with Crippen LogP contribution >= 0.6 is 0 Å². The second kappa shape index (κ2) is 9.04. The van der Waals surface area contributed by atoms with Crippen LogP contribution in [0.2, 0.25) is 0 Å². The van der Waals surface area contributed by atoms with Crippen molar-refractivity contribution in [2.24, 2.45) is 0 Å². The van der Waals surface area contributed by atoms with Crippen LogP contribution in [0.1, 0.15) is 20.3 Å². The van der Waals surface area contributed by atoms with Gasteiger partial charge >= 0.3 is 0 Å². The standard InChI is InChI=1S/C18H30N4O4S/c1-14-10-22(11-15(2)26-14)18(23)16(9-19)12-21(7-6-20(3)4)17-5-8-27(24,25)13-17/h12,14-15,17H,5-8,10-11,13H2,1-4H3/b16-12-. The molecule has 2 aliphatic rings. The minimum atomic E-state index is -3.06. The number of nitriles is 1. The first-order valence-corrected chi connectivity index (χ1v) is 11.1. The molecule has 2 aliphatic heterocycles. The van der Waals surface area contributed by atoms with E-state index in [2.05, 4.69) is 0 Å². The molecule has 3 unspecified atom stereocenters. The summed E-state index contributed by atoms with van der Waals surface area (Å²) in [5, 5.41) is 9.58. The van der Waals surface area contributed by atoms with Crippen LogP contribution in [-0.2, 0) is 19.4 Å². The van der Waals surface area contributed by atoms with E-state index in [1.807, 2.05) is 43.8 Å². The molecule has 0 N–H and O–H groups in total. The van der Waals surface area contributed by atoms with Gasteiger partial charge in [0.2, 0.25) is 0 Å². The molecule has 0 spiro atoms. The van der Waals surface area contributed by atoms with Crippen molar-refractivity contribution in [3.63, 3.8) is 0 Å². The molecule has 2 rings (SSSR count). The fourth-order valence-corrected chi connectivity index (χ4v) is 5.26. The number of morpholine rings is 1. The van der Waals surface area contributed by atoms with Crippen molar-refractivity contribution in [2.45, 2.75) is 38.5 Å². The number of carbonyl (C=O) groups is 1. The van der Waals surface area contributed by atoms with Gasteiger partial charge in [-0.2, -0.15) is 5.26 Å².